The first-order chi connectivity index (χ1) is 15.0. The van der Waals surface area contributed by atoms with E-state index in [1.807, 2.05) is 12.1 Å². The number of pyridine rings is 1. The summed E-state index contributed by atoms with van der Waals surface area (Å²) in [6.45, 7) is 0. The quantitative estimate of drug-likeness (QED) is 0.797. The van der Waals surface area contributed by atoms with Crippen molar-refractivity contribution < 1.29 is 19.1 Å². The Hall–Kier alpha value is -3.09. The Morgan fingerprint density at radius 3 is 2.48 bits per heavy atom. The number of hydrogen-bond donors (Lipinski definition) is 1. The lowest BCUT2D eigenvalue weighted by Crippen LogP contribution is -2.48. The molecule has 1 N–H and O–H groups in total. The number of amides is 2. The van der Waals surface area contributed by atoms with Gasteiger partial charge in [0.2, 0.25) is 5.91 Å². The zero-order valence-corrected chi connectivity index (χ0v) is 18.3. The minimum absolute atomic E-state index is 0.0754. The maximum absolute atomic E-state index is 13.7. The van der Waals surface area contributed by atoms with Crippen molar-refractivity contribution in [1.29, 1.82) is 0 Å². The van der Waals surface area contributed by atoms with Crippen LogP contribution in [0.25, 0.3) is 0 Å². The Balaban J connectivity index is 1.82. The molecule has 2 aromatic rings. The number of nitrogens with zero attached hydrogens (tertiary/aromatic N) is 2. The number of carbonyl (C=O) groups excluding carboxylic acids is 2. The van der Waals surface area contributed by atoms with Gasteiger partial charge in [-0.2, -0.15) is 0 Å². The summed E-state index contributed by atoms with van der Waals surface area (Å²) in [4.78, 5) is 32.8. The predicted octanol–water partition coefficient (Wildman–Crippen LogP) is 3.46. The molecule has 31 heavy (non-hydrogen) atoms. The number of fused-ring (bicyclic) bond motifs is 1. The molecule has 0 radical (unpaired) electrons. The number of hydrogen-bond acceptors (Lipinski definition) is 5. The summed E-state index contributed by atoms with van der Waals surface area (Å²) >= 11 is 0. The smallest absolute Gasteiger partial charge is 0.254 e. The first-order valence-corrected chi connectivity index (χ1v) is 10.8. The molecule has 0 bridgehead atoms. The molecule has 1 saturated carbocycles. The number of aromatic nitrogens is 1. The molecular weight excluding hydrogens is 394 g/mol. The number of nitrogens with one attached hydrogen (secondary N) is 1. The Morgan fingerprint density at radius 1 is 1.13 bits per heavy atom. The lowest BCUT2D eigenvalue weighted by molar-refractivity contribution is -0.125. The molecule has 1 aromatic heterocycles. The van der Waals surface area contributed by atoms with E-state index in [0.717, 1.165) is 31.2 Å². The fourth-order valence-electron chi connectivity index (χ4n) is 4.84. The average molecular weight is 424 g/mol. The number of methoxy groups -OCH3 is 2. The van der Waals surface area contributed by atoms with E-state index in [9.17, 15) is 9.59 Å². The van der Waals surface area contributed by atoms with Gasteiger partial charge < -0.3 is 19.7 Å². The van der Waals surface area contributed by atoms with E-state index in [1.165, 1.54) is 13.5 Å². The number of benzene rings is 1. The lowest BCUT2D eigenvalue weighted by atomic mass is 9.79. The number of ether oxygens (including phenoxy) is 2. The van der Waals surface area contributed by atoms with Crippen LogP contribution in [0.1, 0.15) is 65.5 Å². The second kappa shape index (κ2) is 8.96. The van der Waals surface area contributed by atoms with Crippen molar-refractivity contribution in [2.45, 2.75) is 50.1 Å². The van der Waals surface area contributed by atoms with Gasteiger partial charge in [0.1, 0.15) is 0 Å². The summed E-state index contributed by atoms with van der Waals surface area (Å²) in [7, 11) is 4.82. The molecular formula is C24H29N3O4. The third-order valence-corrected chi connectivity index (χ3v) is 6.43. The van der Waals surface area contributed by atoms with Crippen LogP contribution in [0.2, 0.25) is 0 Å². The Bertz CT molecular complexity index is 957. The largest absolute Gasteiger partial charge is 0.493 e. The second-order valence-corrected chi connectivity index (χ2v) is 8.26. The fraction of sp³-hybridized carbons (Fsp3) is 0.458. The summed E-state index contributed by atoms with van der Waals surface area (Å²) in [5, 5.41) is 3.26. The first kappa shape index (κ1) is 21.2. The van der Waals surface area contributed by atoms with Crippen molar-refractivity contribution in [3.8, 4) is 11.5 Å². The van der Waals surface area contributed by atoms with Gasteiger partial charge >= 0.3 is 0 Å². The summed E-state index contributed by atoms with van der Waals surface area (Å²) in [5.41, 5.74) is 1.94. The van der Waals surface area contributed by atoms with Gasteiger partial charge in [0.15, 0.2) is 11.5 Å². The SMILES string of the molecule is COc1cc2c(cc1OC)[C@H](C(=O)NC1CCCCC1)[C@H](c1cccnc1)N(C)C2=O. The molecule has 1 fully saturated rings. The van der Waals surface area contributed by atoms with E-state index in [-0.39, 0.29) is 17.9 Å². The monoisotopic (exact) mass is 423 g/mol. The number of rotatable bonds is 5. The zero-order chi connectivity index (χ0) is 22.0. The summed E-state index contributed by atoms with van der Waals surface area (Å²) < 4.78 is 10.9. The molecule has 2 amide bonds. The number of likely N-dealkylation sites (N-methyl/N-ethyl adjacent to an activating group) is 1. The number of carbonyl (C=O) groups is 2. The average Bonchev–Trinajstić information content (AvgIpc) is 2.81. The van der Waals surface area contributed by atoms with Gasteiger partial charge in [-0.15, -0.1) is 0 Å². The molecule has 1 aliphatic carbocycles. The van der Waals surface area contributed by atoms with Crippen molar-refractivity contribution in [3.63, 3.8) is 0 Å². The molecule has 0 spiro atoms. The van der Waals surface area contributed by atoms with E-state index in [4.69, 9.17) is 9.47 Å². The van der Waals surface area contributed by atoms with Gasteiger partial charge in [-0.25, -0.2) is 0 Å². The van der Waals surface area contributed by atoms with Crippen LogP contribution in [-0.2, 0) is 4.79 Å². The van der Waals surface area contributed by atoms with Gasteiger partial charge in [-0.05, 0) is 42.2 Å². The molecule has 0 saturated heterocycles. The Labute approximate surface area is 182 Å². The minimum atomic E-state index is -0.580. The molecule has 4 rings (SSSR count). The van der Waals surface area contributed by atoms with Crippen molar-refractivity contribution in [1.82, 2.24) is 15.2 Å². The highest BCUT2D eigenvalue weighted by Gasteiger charge is 2.44. The molecule has 1 aliphatic heterocycles. The summed E-state index contributed by atoms with van der Waals surface area (Å²) in [5.74, 6) is 0.150. The highest BCUT2D eigenvalue weighted by molar-refractivity contribution is 6.02. The third-order valence-electron chi connectivity index (χ3n) is 6.43. The highest BCUT2D eigenvalue weighted by Crippen LogP contribution is 2.45. The van der Waals surface area contributed by atoms with Crippen LogP contribution in [0.15, 0.2) is 36.7 Å². The van der Waals surface area contributed by atoms with E-state index < -0.39 is 12.0 Å². The molecule has 1 aromatic carbocycles. The normalized spacial score (nSPS) is 21.4. The van der Waals surface area contributed by atoms with Crippen LogP contribution < -0.4 is 14.8 Å². The van der Waals surface area contributed by atoms with Gasteiger partial charge in [0, 0.05) is 31.0 Å². The van der Waals surface area contributed by atoms with Crippen molar-refractivity contribution in [2.75, 3.05) is 21.3 Å². The Morgan fingerprint density at radius 2 is 1.84 bits per heavy atom. The molecule has 2 heterocycles. The highest BCUT2D eigenvalue weighted by atomic mass is 16.5. The standard InChI is InChI=1S/C24H29N3O4/c1-27-22(15-8-7-11-25-14-15)21(23(28)26-16-9-5-4-6-10-16)17-12-19(30-2)20(31-3)13-18(17)24(27)29/h7-8,11-14,16,21-22H,4-6,9-10H2,1-3H3,(H,26,28)/t21-,22-/m0/s1. The topological polar surface area (TPSA) is 80.8 Å². The zero-order valence-electron chi connectivity index (χ0n) is 18.3. The lowest BCUT2D eigenvalue weighted by Gasteiger charge is -2.40. The van der Waals surface area contributed by atoms with E-state index in [0.29, 0.717) is 22.6 Å². The van der Waals surface area contributed by atoms with E-state index in [1.54, 1.807) is 43.6 Å². The summed E-state index contributed by atoms with van der Waals surface area (Å²) in [6.07, 6.45) is 8.86. The van der Waals surface area contributed by atoms with E-state index >= 15 is 0 Å². The van der Waals surface area contributed by atoms with Crippen LogP contribution in [0.5, 0.6) is 11.5 Å². The van der Waals surface area contributed by atoms with Gasteiger partial charge in [0.25, 0.3) is 5.91 Å². The maximum atomic E-state index is 13.7. The fourth-order valence-corrected chi connectivity index (χ4v) is 4.84. The Kier molecular flexibility index (Phi) is 6.11. The van der Waals surface area contributed by atoms with Crippen molar-refractivity contribution in [3.05, 3.63) is 53.3 Å². The first-order valence-electron chi connectivity index (χ1n) is 10.8. The molecule has 0 unspecified atom stereocenters. The molecule has 2 aliphatic rings. The minimum Gasteiger partial charge on any atom is -0.493 e. The van der Waals surface area contributed by atoms with Crippen LogP contribution in [-0.4, -0.2) is 49.0 Å². The van der Waals surface area contributed by atoms with Gasteiger partial charge in [-0.1, -0.05) is 25.3 Å². The third kappa shape index (κ3) is 3.96. The van der Waals surface area contributed by atoms with E-state index in [2.05, 4.69) is 10.3 Å². The van der Waals surface area contributed by atoms with Crippen molar-refractivity contribution >= 4 is 11.8 Å². The van der Waals surface area contributed by atoms with Crippen LogP contribution in [0.4, 0.5) is 0 Å². The summed E-state index contributed by atoms with van der Waals surface area (Å²) in [6, 6.07) is 6.89. The van der Waals surface area contributed by atoms with Crippen LogP contribution >= 0.6 is 0 Å². The predicted molar refractivity (Wildman–Crippen MR) is 116 cm³/mol. The second-order valence-electron chi connectivity index (χ2n) is 8.26. The molecule has 7 heteroatoms. The van der Waals surface area contributed by atoms with Crippen molar-refractivity contribution in [2.24, 2.45) is 0 Å². The van der Waals surface area contributed by atoms with Crippen LogP contribution in [0.3, 0.4) is 0 Å². The molecule has 164 valence electrons. The van der Waals surface area contributed by atoms with Crippen LogP contribution in [0, 0.1) is 0 Å². The van der Waals surface area contributed by atoms with Gasteiger partial charge in [0.05, 0.1) is 26.2 Å². The maximum Gasteiger partial charge on any atom is 0.254 e. The molecule has 7 nitrogen and oxygen atoms in total. The molecule has 2 atom stereocenters. The van der Waals surface area contributed by atoms with Gasteiger partial charge in [-0.3, -0.25) is 14.6 Å².